The third-order valence-corrected chi connectivity index (χ3v) is 5.40. The van der Waals surface area contributed by atoms with E-state index < -0.39 is 0 Å². The summed E-state index contributed by atoms with van der Waals surface area (Å²) in [6.07, 6.45) is 2.98. The molecule has 2 aromatic rings. The zero-order valence-electron chi connectivity index (χ0n) is 15.1. The van der Waals surface area contributed by atoms with E-state index in [0.717, 1.165) is 50.9 Å². The van der Waals surface area contributed by atoms with Crippen molar-refractivity contribution in [2.45, 2.75) is 13.3 Å². The lowest BCUT2D eigenvalue weighted by Crippen LogP contribution is -2.53. The molecule has 0 radical (unpaired) electrons. The van der Waals surface area contributed by atoms with Crippen LogP contribution in [-0.4, -0.2) is 55.6 Å². The topological polar surface area (TPSA) is 43.8 Å². The Morgan fingerprint density at radius 2 is 2.08 bits per heavy atom. The van der Waals surface area contributed by atoms with Crippen LogP contribution in [0.5, 0.6) is 0 Å². The Labute approximate surface area is 154 Å². The molecule has 0 spiro atoms. The van der Waals surface area contributed by atoms with Gasteiger partial charge in [-0.15, -0.1) is 11.3 Å². The molecular formula is C19H27N5S. The van der Waals surface area contributed by atoms with Crippen molar-refractivity contribution in [3.05, 3.63) is 46.8 Å². The van der Waals surface area contributed by atoms with Crippen LogP contribution in [0.25, 0.3) is 0 Å². The Kier molecular flexibility index (Phi) is 6.28. The average Bonchev–Trinajstić information content (AvgIpc) is 3.16. The summed E-state index contributed by atoms with van der Waals surface area (Å²) in [5, 5.41) is 5.70. The highest BCUT2D eigenvalue weighted by molar-refractivity contribution is 7.09. The Balaban J connectivity index is 1.46. The molecule has 0 aromatic carbocycles. The molecule has 25 heavy (non-hydrogen) atoms. The molecule has 0 bridgehead atoms. The zero-order valence-corrected chi connectivity index (χ0v) is 15.9. The number of aromatic nitrogens is 1. The number of anilines is 1. The number of rotatable bonds is 5. The van der Waals surface area contributed by atoms with Crippen molar-refractivity contribution in [2.24, 2.45) is 10.9 Å². The van der Waals surface area contributed by atoms with E-state index in [1.54, 1.807) is 0 Å². The van der Waals surface area contributed by atoms with Crippen molar-refractivity contribution in [3.8, 4) is 0 Å². The second-order valence-electron chi connectivity index (χ2n) is 6.48. The Bertz CT molecular complexity index is 648. The van der Waals surface area contributed by atoms with Crippen molar-refractivity contribution in [3.63, 3.8) is 0 Å². The molecular weight excluding hydrogens is 330 g/mol. The predicted molar refractivity (Wildman–Crippen MR) is 107 cm³/mol. The van der Waals surface area contributed by atoms with E-state index in [1.807, 2.05) is 36.7 Å². The number of hydrogen-bond acceptors (Lipinski definition) is 4. The van der Waals surface area contributed by atoms with E-state index in [9.17, 15) is 0 Å². The molecule has 1 aliphatic heterocycles. The molecule has 1 saturated heterocycles. The molecule has 1 unspecified atom stereocenters. The zero-order chi connectivity index (χ0) is 17.5. The van der Waals surface area contributed by atoms with Crippen LogP contribution < -0.4 is 10.2 Å². The van der Waals surface area contributed by atoms with Crippen LogP contribution in [0.2, 0.25) is 0 Å². The SMILES string of the molecule is CN=C(NCC(C)Cc1cccs1)N1CCN(c2ccccn2)CC1. The van der Waals surface area contributed by atoms with Gasteiger partial charge in [-0.2, -0.15) is 0 Å². The van der Waals surface area contributed by atoms with E-state index in [4.69, 9.17) is 0 Å². The minimum absolute atomic E-state index is 0.588. The van der Waals surface area contributed by atoms with Crippen LogP contribution >= 0.6 is 11.3 Å². The predicted octanol–water partition coefficient (Wildman–Crippen LogP) is 2.72. The Morgan fingerprint density at radius 1 is 1.24 bits per heavy atom. The minimum atomic E-state index is 0.588. The average molecular weight is 358 g/mol. The number of thiophene rings is 1. The number of piperazine rings is 1. The number of hydrogen-bond donors (Lipinski definition) is 1. The Morgan fingerprint density at radius 3 is 2.72 bits per heavy atom. The molecule has 134 valence electrons. The summed E-state index contributed by atoms with van der Waals surface area (Å²) in [5.74, 6) is 2.67. The molecule has 3 heterocycles. The smallest absolute Gasteiger partial charge is 0.193 e. The first-order chi connectivity index (χ1) is 12.3. The summed E-state index contributed by atoms with van der Waals surface area (Å²) in [4.78, 5) is 15.1. The molecule has 1 atom stereocenters. The first kappa shape index (κ1) is 17.7. The number of nitrogens with zero attached hydrogens (tertiary/aromatic N) is 4. The maximum Gasteiger partial charge on any atom is 0.193 e. The highest BCUT2D eigenvalue weighted by atomic mass is 32.1. The van der Waals surface area contributed by atoms with Crippen molar-refractivity contribution in [1.82, 2.24) is 15.2 Å². The fourth-order valence-corrected chi connectivity index (χ4v) is 4.00. The maximum atomic E-state index is 4.48. The summed E-state index contributed by atoms with van der Waals surface area (Å²) in [6.45, 7) is 7.13. The van der Waals surface area contributed by atoms with Crippen molar-refractivity contribution >= 4 is 23.1 Å². The molecule has 0 aliphatic carbocycles. The number of pyridine rings is 1. The van der Waals surface area contributed by atoms with Gasteiger partial charge in [0.15, 0.2) is 5.96 Å². The highest BCUT2D eigenvalue weighted by Gasteiger charge is 2.20. The van der Waals surface area contributed by atoms with Gasteiger partial charge < -0.3 is 15.1 Å². The third-order valence-electron chi connectivity index (χ3n) is 4.50. The monoisotopic (exact) mass is 357 g/mol. The lowest BCUT2D eigenvalue weighted by Gasteiger charge is -2.37. The summed E-state index contributed by atoms with van der Waals surface area (Å²) >= 11 is 1.84. The van der Waals surface area contributed by atoms with E-state index in [0.29, 0.717) is 5.92 Å². The molecule has 5 nitrogen and oxygen atoms in total. The van der Waals surface area contributed by atoms with Gasteiger partial charge in [0, 0.05) is 50.8 Å². The molecule has 1 N–H and O–H groups in total. The van der Waals surface area contributed by atoms with Gasteiger partial charge in [0.25, 0.3) is 0 Å². The molecule has 1 fully saturated rings. The largest absolute Gasteiger partial charge is 0.356 e. The van der Waals surface area contributed by atoms with E-state index in [-0.39, 0.29) is 0 Å². The van der Waals surface area contributed by atoms with Gasteiger partial charge in [-0.05, 0) is 35.9 Å². The second-order valence-corrected chi connectivity index (χ2v) is 7.51. The van der Waals surface area contributed by atoms with Crippen molar-refractivity contribution < 1.29 is 0 Å². The Hall–Kier alpha value is -2.08. The van der Waals surface area contributed by atoms with E-state index in [2.05, 4.69) is 55.6 Å². The van der Waals surface area contributed by atoms with Crippen LogP contribution in [0.3, 0.4) is 0 Å². The van der Waals surface area contributed by atoms with E-state index >= 15 is 0 Å². The summed E-state index contributed by atoms with van der Waals surface area (Å²) in [6, 6.07) is 10.4. The van der Waals surface area contributed by atoms with Gasteiger partial charge in [-0.3, -0.25) is 4.99 Å². The van der Waals surface area contributed by atoms with Crippen LogP contribution in [0.1, 0.15) is 11.8 Å². The fraction of sp³-hybridized carbons (Fsp3) is 0.474. The summed E-state index contributed by atoms with van der Waals surface area (Å²) in [7, 11) is 1.87. The van der Waals surface area contributed by atoms with Gasteiger partial charge in [0.1, 0.15) is 5.82 Å². The van der Waals surface area contributed by atoms with Crippen LogP contribution in [0, 0.1) is 5.92 Å². The lowest BCUT2D eigenvalue weighted by molar-refractivity contribution is 0.368. The standard InChI is InChI=1S/C19H27N5S/c1-16(14-17-6-5-13-25-17)15-22-19(20-2)24-11-9-23(10-12-24)18-7-3-4-8-21-18/h3-8,13,16H,9-12,14-15H2,1-2H3,(H,20,22). The first-order valence-electron chi connectivity index (χ1n) is 8.90. The quantitative estimate of drug-likeness (QED) is 0.660. The molecule has 1 aliphatic rings. The van der Waals surface area contributed by atoms with Gasteiger partial charge in [-0.25, -0.2) is 4.98 Å². The number of aliphatic imine (C=N–C) groups is 1. The lowest BCUT2D eigenvalue weighted by atomic mass is 10.1. The first-order valence-corrected chi connectivity index (χ1v) is 9.78. The minimum Gasteiger partial charge on any atom is -0.356 e. The number of guanidine groups is 1. The van der Waals surface area contributed by atoms with Crippen molar-refractivity contribution in [2.75, 3.05) is 44.7 Å². The molecule has 0 saturated carbocycles. The van der Waals surface area contributed by atoms with Gasteiger partial charge in [-0.1, -0.05) is 19.1 Å². The fourth-order valence-electron chi connectivity index (χ4n) is 3.13. The number of nitrogens with one attached hydrogen (secondary N) is 1. The highest BCUT2D eigenvalue weighted by Crippen LogP contribution is 2.15. The van der Waals surface area contributed by atoms with Gasteiger partial charge in [0.05, 0.1) is 0 Å². The van der Waals surface area contributed by atoms with Crippen LogP contribution in [0.15, 0.2) is 46.9 Å². The molecule has 3 rings (SSSR count). The maximum absolute atomic E-state index is 4.48. The second kappa shape index (κ2) is 8.85. The summed E-state index contributed by atoms with van der Waals surface area (Å²) in [5.41, 5.74) is 0. The van der Waals surface area contributed by atoms with Crippen molar-refractivity contribution in [1.29, 1.82) is 0 Å². The third kappa shape index (κ3) is 4.95. The van der Waals surface area contributed by atoms with E-state index in [1.165, 1.54) is 4.88 Å². The van der Waals surface area contributed by atoms with Crippen LogP contribution in [0.4, 0.5) is 5.82 Å². The molecule has 2 aromatic heterocycles. The summed E-state index contributed by atoms with van der Waals surface area (Å²) < 4.78 is 0. The molecule has 6 heteroatoms. The molecule has 0 amide bonds. The van der Waals surface area contributed by atoms with Crippen LogP contribution in [-0.2, 0) is 6.42 Å². The normalized spacial score (nSPS) is 16.8. The van der Waals surface area contributed by atoms with Gasteiger partial charge >= 0.3 is 0 Å². The van der Waals surface area contributed by atoms with Gasteiger partial charge in [0.2, 0.25) is 0 Å².